The van der Waals surface area contributed by atoms with Crippen molar-refractivity contribution >= 4 is 17.7 Å². The molecule has 0 saturated carbocycles. The summed E-state index contributed by atoms with van der Waals surface area (Å²) < 4.78 is 6.70. The predicted molar refractivity (Wildman–Crippen MR) is 113 cm³/mol. The normalized spacial score (nSPS) is 17.3. The highest BCUT2D eigenvalue weighted by molar-refractivity contribution is 5.95. The van der Waals surface area contributed by atoms with Gasteiger partial charge in [-0.3, -0.25) is 19.2 Å². The zero-order valence-electron chi connectivity index (χ0n) is 17.9. The molecule has 2 heterocycles. The van der Waals surface area contributed by atoms with Crippen LogP contribution in [0.1, 0.15) is 50.0 Å². The third-order valence-corrected chi connectivity index (χ3v) is 4.69. The maximum Gasteiger partial charge on any atom is 0.271 e. The van der Waals surface area contributed by atoms with Crippen LogP contribution in [0.2, 0.25) is 0 Å². The van der Waals surface area contributed by atoms with Gasteiger partial charge in [0.1, 0.15) is 18.3 Å². The molecule has 0 bridgehead atoms. The first-order valence-electron chi connectivity index (χ1n) is 10.5. The molecule has 31 heavy (non-hydrogen) atoms. The van der Waals surface area contributed by atoms with Gasteiger partial charge in [0.15, 0.2) is 5.75 Å². The molecule has 1 aliphatic rings. The SMILES string of the molecule is CCCCOc1cn(OCCCC)c(C(=O)NCC(=O)NC[C@H]2NC(=O)[C@H]2N)cc1=O. The number of β-lactam (4-membered cyclic amide) rings is 1. The molecule has 0 aliphatic carbocycles. The number of nitrogens with zero attached hydrogens (tertiary/aromatic N) is 1. The van der Waals surface area contributed by atoms with Crippen molar-refractivity contribution in [3.05, 3.63) is 28.2 Å². The lowest BCUT2D eigenvalue weighted by atomic mass is 10.0. The minimum Gasteiger partial charge on any atom is -0.488 e. The number of rotatable bonds is 13. The average molecular weight is 437 g/mol. The zero-order valence-corrected chi connectivity index (χ0v) is 17.9. The molecule has 1 aromatic rings. The highest BCUT2D eigenvalue weighted by Crippen LogP contribution is 2.08. The molecule has 2 atom stereocenters. The lowest BCUT2D eigenvalue weighted by molar-refractivity contribution is -0.131. The van der Waals surface area contributed by atoms with Gasteiger partial charge in [0, 0.05) is 12.6 Å². The summed E-state index contributed by atoms with van der Waals surface area (Å²) in [6.07, 6.45) is 4.73. The molecular weight excluding hydrogens is 406 g/mol. The van der Waals surface area contributed by atoms with Gasteiger partial charge in [-0.25, -0.2) is 0 Å². The second kappa shape index (κ2) is 11.9. The van der Waals surface area contributed by atoms with Crippen LogP contribution in [0.4, 0.5) is 0 Å². The van der Waals surface area contributed by atoms with E-state index in [-0.39, 0.29) is 36.5 Å². The largest absolute Gasteiger partial charge is 0.488 e. The molecule has 11 heteroatoms. The van der Waals surface area contributed by atoms with E-state index >= 15 is 0 Å². The van der Waals surface area contributed by atoms with E-state index in [0.29, 0.717) is 13.2 Å². The molecule has 0 radical (unpaired) electrons. The van der Waals surface area contributed by atoms with Crippen LogP contribution in [-0.4, -0.2) is 60.8 Å². The van der Waals surface area contributed by atoms with Crippen molar-refractivity contribution in [1.82, 2.24) is 20.7 Å². The molecular formula is C20H31N5O6. The van der Waals surface area contributed by atoms with E-state index in [2.05, 4.69) is 16.0 Å². The Kier molecular flexibility index (Phi) is 9.32. The second-order valence-electron chi connectivity index (χ2n) is 7.23. The zero-order chi connectivity index (χ0) is 22.8. The summed E-state index contributed by atoms with van der Waals surface area (Å²) in [4.78, 5) is 53.6. The van der Waals surface area contributed by atoms with Crippen LogP contribution < -0.4 is 36.7 Å². The topological polar surface area (TPSA) is 154 Å². The van der Waals surface area contributed by atoms with Gasteiger partial charge >= 0.3 is 0 Å². The smallest absolute Gasteiger partial charge is 0.271 e. The summed E-state index contributed by atoms with van der Waals surface area (Å²) in [5.41, 5.74) is 5.11. The number of hydrogen-bond donors (Lipinski definition) is 4. The Labute approximate surface area is 180 Å². The molecule has 0 aromatic carbocycles. The minimum absolute atomic E-state index is 0.0370. The van der Waals surface area contributed by atoms with Crippen molar-refractivity contribution in [2.24, 2.45) is 5.73 Å². The highest BCUT2D eigenvalue weighted by Gasteiger charge is 2.35. The first-order chi connectivity index (χ1) is 14.9. The van der Waals surface area contributed by atoms with Gasteiger partial charge in [-0.2, -0.15) is 4.73 Å². The molecule has 11 nitrogen and oxygen atoms in total. The number of nitrogens with two attached hydrogens (primary N) is 1. The molecule has 0 spiro atoms. The lowest BCUT2D eigenvalue weighted by Gasteiger charge is -2.33. The average Bonchev–Trinajstić information content (AvgIpc) is 2.76. The van der Waals surface area contributed by atoms with Gasteiger partial charge < -0.3 is 31.3 Å². The van der Waals surface area contributed by atoms with E-state index < -0.39 is 23.3 Å². The minimum atomic E-state index is -0.650. The van der Waals surface area contributed by atoms with E-state index in [0.717, 1.165) is 31.7 Å². The maximum atomic E-state index is 12.6. The quantitative estimate of drug-likeness (QED) is 0.226. The van der Waals surface area contributed by atoms with E-state index in [1.807, 2.05) is 13.8 Å². The Morgan fingerprint density at radius 3 is 2.52 bits per heavy atom. The molecule has 1 fully saturated rings. The van der Waals surface area contributed by atoms with Crippen molar-refractivity contribution < 1.29 is 24.0 Å². The number of hydrogen-bond acceptors (Lipinski definition) is 7. The molecule has 1 saturated heterocycles. The van der Waals surface area contributed by atoms with Crippen LogP contribution in [0.25, 0.3) is 0 Å². The molecule has 5 N–H and O–H groups in total. The molecule has 172 valence electrons. The van der Waals surface area contributed by atoms with Crippen molar-refractivity contribution in [2.45, 2.75) is 51.6 Å². The number of pyridine rings is 1. The number of amides is 3. The maximum absolute atomic E-state index is 12.6. The van der Waals surface area contributed by atoms with Crippen LogP contribution >= 0.6 is 0 Å². The van der Waals surface area contributed by atoms with Gasteiger partial charge in [-0.1, -0.05) is 26.7 Å². The Morgan fingerprint density at radius 1 is 1.16 bits per heavy atom. The Bertz CT molecular complexity index is 840. The number of aromatic nitrogens is 1. The van der Waals surface area contributed by atoms with Gasteiger partial charge in [-0.05, 0) is 12.8 Å². The van der Waals surface area contributed by atoms with Crippen LogP contribution in [0, 0.1) is 0 Å². The standard InChI is InChI=1S/C20H31N5O6/c1-3-5-7-30-16-12-25(31-8-6-4-2)14(9-15(16)26)19(28)23-11-17(27)22-10-13-18(21)20(29)24-13/h9,12-13,18H,3-8,10-11,21H2,1-2H3,(H,22,27)(H,23,28)(H,24,29)/t13-,18+/m1/s1. The molecule has 0 unspecified atom stereocenters. The van der Waals surface area contributed by atoms with Crippen LogP contribution in [0.15, 0.2) is 17.1 Å². The second-order valence-corrected chi connectivity index (χ2v) is 7.23. The Hall–Kier alpha value is -3.08. The summed E-state index contributed by atoms with van der Waals surface area (Å²) in [7, 11) is 0. The van der Waals surface area contributed by atoms with Gasteiger partial charge in [0.25, 0.3) is 5.91 Å². The van der Waals surface area contributed by atoms with Crippen LogP contribution in [0.5, 0.6) is 5.75 Å². The summed E-state index contributed by atoms with van der Waals surface area (Å²) in [5, 5.41) is 7.61. The Morgan fingerprint density at radius 2 is 1.87 bits per heavy atom. The summed E-state index contributed by atoms with van der Waals surface area (Å²) >= 11 is 0. The van der Waals surface area contributed by atoms with Gasteiger partial charge in [0.2, 0.25) is 17.2 Å². The van der Waals surface area contributed by atoms with Crippen LogP contribution in [0.3, 0.4) is 0 Å². The van der Waals surface area contributed by atoms with Crippen molar-refractivity contribution in [3.8, 4) is 5.75 Å². The van der Waals surface area contributed by atoms with Crippen molar-refractivity contribution in [3.63, 3.8) is 0 Å². The summed E-state index contributed by atoms with van der Waals surface area (Å²) in [6.45, 7) is 4.60. The molecule has 2 rings (SSSR count). The monoisotopic (exact) mass is 437 g/mol. The summed E-state index contributed by atoms with van der Waals surface area (Å²) in [6, 6.07) is 0.149. The van der Waals surface area contributed by atoms with Gasteiger partial charge in [0.05, 0.1) is 25.4 Å². The van der Waals surface area contributed by atoms with E-state index in [4.69, 9.17) is 15.3 Å². The summed E-state index contributed by atoms with van der Waals surface area (Å²) in [5.74, 6) is -1.27. The fourth-order valence-electron chi connectivity index (χ4n) is 2.68. The lowest BCUT2D eigenvalue weighted by Crippen LogP contribution is -2.69. The number of carbonyl (C=O) groups excluding carboxylic acids is 3. The third-order valence-electron chi connectivity index (χ3n) is 4.69. The molecule has 1 aliphatic heterocycles. The number of unbranched alkanes of at least 4 members (excludes halogenated alkanes) is 2. The predicted octanol–water partition coefficient (Wildman–Crippen LogP) is -1.07. The van der Waals surface area contributed by atoms with E-state index in [1.54, 1.807) is 0 Å². The third kappa shape index (κ3) is 6.99. The highest BCUT2D eigenvalue weighted by atomic mass is 16.7. The molecule has 1 aromatic heterocycles. The first kappa shape index (κ1) is 24.2. The molecule has 3 amide bonds. The van der Waals surface area contributed by atoms with Gasteiger partial charge in [-0.15, -0.1) is 0 Å². The van der Waals surface area contributed by atoms with Crippen molar-refractivity contribution in [1.29, 1.82) is 0 Å². The first-order valence-corrected chi connectivity index (χ1v) is 10.5. The number of nitrogens with one attached hydrogen (secondary N) is 3. The van der Waals surface area contributed by atoms with E-state index in [1.165, 1.54) is 10.9 Å². The number of ether oxygens (including phenoxy) is 1. The fraction of sp³-hybridized carbons (Fsp3) is 0.600. The fourth-order valence-corrected chi connectivity index (χ4v) is 2.68. The van der Waals surface area contributed by atoms with Crippen LogP contribution in [-0.2, 0) is 9.59 Å². The Balaban J connectivity index is 1.98. The van der Waals surface area contributed by atoms with Crippen molar-refractivity contribution in [2.75, 3.05) is 26.3 Å². The van der Waals surface area contributed by atoms with E-state index in [9.17, 15) is 19.2 Å². The number of carbonyl (C=O) groups is 3.